The quantitative estimate of drug-likeness (QED) is 0.899. The van der Waals surface area contributed by atoms with Crippen molar-refractivity contribution >= 4 is 0 Å². The van der Waals surface area contributed by atoms with Crippen LogP contribution in [-0.2, 0) is 6.54 Å². The van der Waals surface area contributed by atoms with Crippen LogP contribution in [0.4, 0.5) is 0 Å². The van der Waals surface area contributed by atoms with E-state index in [1.165, 1.54) is 0 Å². The Bertz CT molecular complexity index is 549. The summed E-state index contributed by atoms with van der Waals surface area (Å²) < 4.78 is 7.36. The second-order valence-electron chi connectivity index (χ2n) is 4.60. The lowest BCUT2D eigenvalue weighted by atomic mass is 10.1. The van der Waals surface area contributed by atoms with Gasteiger partial charge in [-0.05, 0) is 32.9 Å². The number of hydrogen-bond acceptors (Lipinski definition) is 3. The zero-order valence-corrected chi connectivity index (χ0v) is 11.6. The number of aliphatic hydroxyl groups is 1. The summed E-state index contributed by atoms with van der Waals surface area (Å²) in [5.41, 5.74) is 2.81. The molecule has 0 bridgehead atoms. The maximum absolute atomic E-state index is 10.4. The molecule has 1 unspecified atom stereocenters. The molecule has 4 heteroatoms. The van der Waals surface area contributed by atoms with Crippen molar-refractivity contribution in [2.45, 2.75) is 33.4 Å². The van der Waals surface area contributed by atoms with Gasteiger partial charge in [0.05, 0.1) is 18.8 Å². The van der Waals surface area contributed by atoms with Gasteiger partial charge in [-0.15, -0.1) is 0 Å². The van der Waals surface area contributed by atoms with Crippen molar-refractivity contribution in [3.63, 3.8) is 0 Å². The maximum atomic E-state index is 10.4. The summed E-state index contributed by atoms with van der Waals surface area (Å²) >= 11 is 0. The molecule has 1 atom stereocenters. The van der Waals surface area contributed by atoms with E-state index in [1.54, 1.807) is 0 Å². The fourth-order valence-corrected chi connectivity index (χ4v) is 2.16. The first-order chi connectivity index (χ1) is 9.11. The van der Waals surface area contributed by atoms with Gasteiger partial charge in [0.25, 0.3) is 0 Å². The van der Waals surface area contributed by atoms with Gasteiger partial charge in [-0.1, -0.05) is 18.2 Å². The first-order valence-corrected chi connectivity index (χ1v) is 6.52. The van der Waals surface area contributed by atoms with Crippen molar-refractivity contribution in [3.8, 4) is 5.75 Å². The summed E-state index contributed by atoms with van der Waals surface area (Å²) in [5, 5.41) is 14.7. The van der Waals surface area contributed by atoms with Crippen LogP contribution in [0, 0.1) is 13.8 Å². The zero-order valence-electron chi connectivity index (χ0n) is 11.6. The minimum absolute atomic E-state index is 0.434. The number of benzene rings is 1. The number of para-hydroxylation sites is 1. The molecule has 0 spiro atoms. The number of aliphatic hydroxyl groups excluding tert-OH is 1. The predicted octanol–water partition coefficient (Wildman–Crippen LogP) is 2.63. The van der Waals surface area contributed by atoms with Crippen LogP contribution in [0.15, 0.2) is 30.3 Å². The first-order valence-electron chi connectivity index (χ1n) is 6.52. The van der Waals surface area contributed by atoms with Gasteiger partial charge in [0.1, 0.15) is 11.9 Å². The molecule has 4 nitrogen and oxygen atoms in total. The summed E-state index contributed by atoms with van der Waals surface area (Å²) in [6, 6.07) is 9.58. The SMILES string of the molecule is CCOc1ccccc1C(O)Cn1nc(C)cc1C. The van der Waals surface area contributed by atoms with Gasteiger partial charge in [0.2, 0.25) is 0 Å². The normalized spacial score (nSPS) is 12.4. The molecule has 102 valence electrons. The van der Waals surface area contributed by atoms with E-state index < -0.39 is 6.10 Å². The Labute approximate surface area is 113 Å². The van der Waals surface area contributed by atoms with Crippen LogP contribution >= 0.6 is 0 Å². The fraction of sp³-hybridized carbons (Fsp3) is 0.400. The van der Waals surface area contributed by atoms with Crippen LogP contribution in [0.5, 0.6) is 5.75 Å². The van der Waals surface area contributed by atoms with Gasteiger partial charge in [0.15, 0.2) is 0 Å². The molecule has 0 radical (unpaired) electrons. The zero-order chi connectivity index (χ0) is 13.8. The van der Waals surface area contributed by atoms with Crippen molar-refractivity contribution in [1.29, 1.82) is 0 Å². The molecule has 0 aliphatic carbocycles. The average Bonchev–Trinajstić information content (AvgIpc) is 2.69. The van der Waals surface area contributed by atoms with Crippen molar-refractivity contribution in [2.24, 2.45) is 0 Å². The molecule has 0 aliphatic heterocycles. The van der Waals surface area contributed by atoms with Crippen LogP contribution in [0.2, 0.25) is 0 Å². The third-order valence-corrected chi connectivity index (χ3v) is 3.03. The smallest absolute Gasteiger partial charge is 0.125 e. The van der Waals surface area contributed by atoms with E-state index in [1.807, 2.05) is 55.8 Å². The van der Waals surface area contributed by atoms with Crippen LogP contribution in [0.25, 0.3) is 0 Å². The molecule has 0 saturated carbocycles. The van der Waals surface area contributed by atoms with E-state index in [0.717, 1.165) is 22.7 Å². The third-order valence-electron chi connectivity index (χ3n) is 3.03. The number of aryl methyl sites for hydroxylation is 2. The minimum atomic E-state index is -0.624. The molecule has 0 saturated heterocycles. The monoisotopic (exact) mass is 260 g/mol. The van der Waals surface area contributed by atoms with E-state index in [0.29, 0.717) is 13.2 Å². The topological polar surface area (TPSA) is 47.3 Å². The number of ether oxygens (including phenoxy) is 1. The van der Waals surface area contributed by atoms with Gasteiger partial charge >= 0.3 is 0 Å². The van der Waals surface area contributed by atoms with Gasteiger partial charge in [0, 0.05) is 11.3 Å². The molecule has 1 heterocycles. The number of aromatic nitrogens is 2. The Morgan fingerprint density at radius 1 is 1.32 bits per heavy atom. The second-order valence-corrected chi connectivity index (χ2v) is 4.60. The number of hydrogen-bond donors (Lipinski definition) is 1. The average molecular weight is 260 g/mol. The van der Waals surface area contributed by atoms with Crippen molar-refractivity contribution in [3.05, 3.63) is 47.3 Å². The minimum Gasteiger partial charge on any atom is -0.493 e. The summed E-state index contributed by atoms with van der Waals surface area (Å²) in [7, 11) is 0. The maximum Gasteiger partial charge on any atom is 0.125 e. The lowest BCUT2D eigenvalue weighted by molar-refractivity contribution is 0.145. The Morgan fingerprint density at radius 2 is 2.05 bits per heavy atom. The van der Waals surface area contributed by atoms with E-state index in [2.05, 4.69) is 5.10 Å². The lowest BCUT2D eigenvalue weighted by Gasteiger charge is -2.16. The standard InChI is InChI=1S/C15H20N2O2/c1-4-19-15-8-6-5-7-13(15)14(18)10-17-12(3)9-11(2)16-17/h5-9,14,18H,4,10H2,1-3H3. The van der Waals surface area contributed by atoms with Gasteiger partial charge in [-0.25, -0.2) is 0 Å². The van der Waals surface area contributed by atoms with Crippen LogP contribution < -0.4 is 4.74 Å². The molecular weight excluding hydrogens is 240 g/mol. The molecule has 2 rings (SSSR count). The van der Waals surface area contributed by atoms with E-state index >= 15 is 0 Å². The van der Waals surface area contributed by atoms with Crippen molar-refractivity contribution in [2.75, 3.05) is 6.61 Å². The molecular formula is C15H20N2O2. The number of rotatable bonds is 5. The molecule has 1 aromatic carbocycles. The first kappa shape index (κ1) is 13.6. The fourth-order valence-electron chi connectivity index (χ4n) is 2.16. The molecule has 1 N–H and O–H groups in total. The molecule has 0 fully saturated rings. The van der Waals surface area contributed by atoms with Crippen LogP contribution in [0.1, 0.15) is 30.0 Å². The predicted molar refractivity (Wildman–Crippen MR) is 74.3 cm³/mol. The van der Waals surface area contributed by atoms with E-state index in [9.17, 15) is 5.11 Å². The highest BCUT2D eigenvalue weighted by atomic mass is 16.5. The summed E-state index contributed by atoms with van der Waals surface area (Å²) in [4.78, 5) is 0. The molecule has 2 aromatic rings. The highest BCUT2D eigenvalue weighted by Gasteiger charge is 2.15. The molecule has 19 heavy (non-hydrogen) atoms. The largest absolute Gasteiger partial charge is 0.493 e. The molecule has 0 aliphatic rings. The van der Waals surface area contributed by atoms with Gasteiger partial charge in [-0.2, -0.15) is 5.10 Å². The van der Waals surface area contributed by atoms with Gasteiger partial charge in [-0.3, -0.25) is 4.68 Å². The van der Waals surface area contributed by atoms with Gasteiger partial charge < -0.3 is 9.84 Å². The summed E-state index contributed by atoms with van der Waals surface area (Å²) in [6.07, 6.45) is -0.624. The Kier molecular flexibility index (Phi) is 4.22. The number of nitrogens with zero attached hydrogens (tertiary/aromatic N) is 2. The van der Waals surface area contributed by atoms with Crippen molar-refractivity contribution < 1.29 is 9.84 Å². The summed E-state index contributed by atoms with van der Waals surface area (Å²) in [6.45, 7) is 6.89. The Balaban J connectivity index is 2.20. The van der Waals surface area contributed by atoms with E-state index in [-0.39, 0.29) is 0 Å². The van der Waals surface area contributed by atoms with Crippen LogP contribution in [0.3, 0.4) is 0 Å². The molecule has 0 amide bonds. The highest BCUT2D eigenvalue weighted by molar-refractivity contribution is 5.35. The van der Waals surface area contributed by atoms with Crippen LogP contribution in [-0.4, -0.2) is 21.5 Å². The Morgan fingerprint density at radius 3 is 2.68 bits per heavy atom. The Hall–Kier alpha value is -1.81. The summed E-state index contributed by atoms with van der Waals surface area (Å²) in [5.74, 6) is 0.735. The second kappa shape index (κ2) is 5.89. The van der Waals surface area contributed by atoms with Crippen molar-refractivity contribution in [1.82, 2.24) is 9.78 Å². The third kappa shape index (κ3) is 3.15. The van der Waals surface area contributed by atoms with E-state index in [4.69, 9.17) is 4.74 Å². The highest BCUT2D eigenvalue weighted by Crippen LogP contribution is 2.26. The lowest BCUT2D eigenvalue weighted by Crippen LogP contribution is -2.12. The molecule has 1 aromatic heterocycles.